The highest BCUT2D eigenvalue weighted by molar-refractivity contribution is 7.18. The van der Waals surface area contributed by atoms with Crippen molar-refractivity contribution in [2.24, 2.45) is 0 Å². The molecule has 1 saturated heterocycles. The summed E-state index contributed by atoms with van der Waals surface area (Å²) in [7, 11) is 0. The lowest BCUT2D eigenvalue weighted by Crippen LogP contribution is -2.49. The van der Waals surface area contributed by atoms with Crippen molar-refractivity contribution in [3.63, 3.8) is 0 Å². The lowest BCUT2D eigenvalue weighted by molar-refractivity contribution is -0.122. The fourth-order valence-corrected chi connectivity index (χ4v) is 3.89. The second-order valence-corrected chi connectivity index (χ2v) is 7.21. The average molecular weight is 347 g/mol. The molecule has 1 aliphatic heterocycles. The number of hydrogen-bond donors (Lipinski definition) is 1. The summed E-state index contributed by atoms with van der Waals surface area (Å²) in [5, 5.41) is 4.10. The molecule has 1 amide bonds. The van der Waals surface area contributed by atoms with Crippen molar-refractivity contribution in [3.8, 4) is 0 Å². The van der Waals surface area contributed by atoms with Crippen LogP contribution < -0.4 is 10.2 Å². The van der Waals surface area contributed by atoms with E-state index in [-0.39, 0.29) is 5.91 Å². The van der Waals surface area contributed by atoms with Crippen molar-refractivity contribution in [1.82, 2.24) is 20.2 Å². The molecule has 0 saturated carbocycles. The molecule has 1 N–H and O–H groups in total. The summed E-state index contributed by atoms with van der Waals surface area (Å²) in [5.74, 6) is 1.16. The third-order valence-electron chi connectivity index (χ3n) is 4.32. The maximum absolute atomic E-state index is 11.8. The smallest absolute Gasteiger partial charge is 0.234 e. The lowest BCUT2D eigenvalue weighted by atomic mass is 10.2. The van der Waals surface area contributed by atoms with Gasteiger partial charge < -0.3 is 10.2 Å². The molecule has 1 aliphatic rings. The van der Waals surface area contributed by atoms with E-state index in [1.54, 1.807) is 17.7 Å². The highest BCUT2D eigenvalue weighted by atomic mass is 32.1. The molecule has 0 radical (unpaired) electrons. The SMILES string of the molecule is CCCNC(=O)CN1CCN(c2ncnc3sc(CC)cc23)CC1. The maximum atomic E-state index is 11.8. The summed E-state index contributed by atoms with van der Waals surface area (Å²) in [6.07, 6.45) is 3.67. The molecule has 0 bridgehead atoms. The van der Waals surface area contributed by atoms with Gasteiger partial charge in [0.1, 0.15) is 17.0 Å². The molecule has 1 fully saturated rings. The molecular formula is C17H25N5OS. The first kappa shape index (κ1) is 17.1. The van der Waals surface area contributed by atoms with Crippen molar-refractivity contribution in [3.05, 3.63) is 17.3 Å². The highest BCUT2D eigenvalue weighted by Gasteiger charge is 2.21. The number of fused-ring (bicyclic) bond motifs is 1. The molecule has 0 atom stereocenters. The van der Waals surface area contributed by atoms with Crippen LogP contribution in [-0.2, 0) is 11.2 Å². The molecule has 0 aliphatic carbocycles. The molecule has 2 aromatic heterocycles. The maximum Gasteiger partial charge on any atom is 0.234 e. The first-order valence-electron chi connectivity index (χ1n) is 8.68. The van der Waals surface area contributed by atoms with Crippen LogP contribution >= 0.6 is 11.3 Å². The van der Waals surface area contributed by atoms with Gasteiger partial charge in [-0.05, 0) is 18.9 Å². The number of nitrogens with one attached hydrogen (secondary N) is 1. The first-order valence-corrected chi connectivity index (χ1v) is 9.50. The molecule has 130 valence electrons. The summed E-state index contributed by atoms with van der Waals surface area (Å²) in [4.78, 5) is 27.7. The van der Waals surface area contributed by atoms with Gasteiger partial charge in [0, 0.05) is 37.6 Å². The zero-order valence-corrected chi connectivity index (χ0v) is 15.2. The van der Waals surface area contributed by atoms with Crippen LogP contribution in [0.3, 0.4) is 0 Å². The van der Waals surface area contributed by atoms with Crippen LogP contribution in [0, 0.1) is 0 Å². The minimum atomic E-state index is 0.125. The van der Waals surface area contributed by atoms with Gasteiger partial charge in [-0.25, -0.2) is 9.97 Å². The van der Waals surface area contributed by atoms with Crippen LogP contribution in [0.1, 0.15) is 25.1 Å². The number of nitrogens with zero attached hydrogens (tertiary/aromatic N) is 4. The third-order valence-corrected chi connectivity index (χ3v) is 5.51. The van der Waals surface area contributed by atoms with Crippen LogP contribution in [0.2, 0.25) is 0 Å². The Balaban J connectivity index is 1.62. The predicted molar refractivity (Wildman–Crippen MR) is 98.7 cm³/mol. The second-order valence-electron chi connectivity index (χ2n) is 6.10. The van der Waals surface area contributed by atoms with Crippen LogP contribution in [0.5, 0.6) is 0 Å². The summed E-state index contributed by atoms with van der Waals surface area (Å²) in [6.45, 7) is 9.04. The van der Waals surface area contributed by atoms with E-state index in [0.29, 0.717) is 6.54 Å². The fourth-order valence-electron chi connectivity index (χ4n) is 2.96. The number of rotatable bonds is 6. The fraction of sp³-hybridized carbons (Fsp3) is 0.588. The average Bonchev–Trinajstić information content (AvgIpc) is 3.04. The number of piperazine rings is 1. The van der Waals surface area contributed by atoms with Crippen molar-refractivity contribution >= 4 is 33.3 Å². The predicted octanol–water partition coefficient (Wildman–Crippen LogP) is 1.90. The number of aryl methyl sites for hydroxylation is 1. The molecule has 0 spiro atoms. The molecule has 2 aromatic rings. The van der Waals surface area contributed by atoms with Crippen LogP contribution in [-0.4, -0.2) is 60.0 Å². The van der Waals surface area contributed by atoms with Crippen molar-refractivity contribution < 1.29 is 4.79 Å². The number of anilines is 1. The highest BCUT2D eigenvalue weighted by Crippen LogP contribution is 2.30. The summed E-state index contributed by atoms with van der Waals surface area (Å²) in [6, 6.07) is 2.22. The van der Waals surface area contributed by atoms with Crippen molar-refractivity contribution in [1.29, 1.82) is 0 Å². The summed E-state index contributed by atoms with van der Waals surface area (Å²) >= 11 is 1.75. The monoisotopic (exact) mass is 347 g/mol. The number of aromatic nitrogens is 2. The minimum Gasteiger partial charge on any atom is -0.355 e. The van der Waals surface area contributed by atoms with E-state index in [4.69, 9.17) is 0 Å². The van der Waals surface area contributed by atoms with E-state index >= 15 is 0 Å². The molecular weight excluding hydrogens is 322 g/mol. The van der Waals surface area contributed by atoms with Gasteiger partial charge >= 0.3 is 0 Å². The normalized spacial score (nSPS) is 15.8. The number of hydrogen-bond acceptors (Lipinski definition) is 6. The van der Waals surface area contributed by atoms with Crippen LogP contribution in [0.4, 0.5) is 5.82 Å². The zero-order valence-electron chi connectivity index (χ0n) is 14.4. The standard InChI is InChI=1S/C17H25N5OS/c1-3-5-18-15(23)11-21-6-8-22(9-7-21)16-14-10-13(4-2)24-17(14)20-12-19-16/h10,12H,3-9,11H2,1-2H3,(H,18,23). The van der Waals surface area contributed by atoms with Gasteiger partial charge in [0.05, 0.1) is 11.9 Å². The van der Waals surface area contributed by atoms with E-state index in [2.05, 4.69) is 45.0 Å². The van der Waals surface area contributed by atoms with Gasteiger partial charge in [-0.15, -0.1) is 11.3 Å². The Kier molecular flexibility index (Phi) is 5.63. The Hall–Kier alpha value is -1.73. The van der Waals surface area contributed by atoms with Crippen LogP contribution in [0.15, 0.2) is 12.4 Å². The number of carbonyl (C=O) groups is 1. The van der Waals surface area contributed by atoms with Gasteiger partial charge in [-0.2, -0.15) is 0 Å². The van der Waals surface area contributed by atoms with E-state index in [1.165, 1.54) is 4.88 Å². The molecule has 3 heterocycles. The van der Waals surface area contributed by atoms with Crippen LogP contribution in [0.25, 0.3) is 10.2 Å². The molecule has 7 heteroatoms. The number of amides is 1. The van der Waals surface area contributed by atoms with Gasteiger partial charge in [0.2, 0.25) is 5.91 Å². The van der Waals surface area contributed by atoms with Gasteiger partial charge in [-0.1, -0.05) is 13.8 Å². The Labute approximate surface area is 146 Å². The zero-order chi connectivity index (χ0) is 16.9. The Morgan fingerprint density at radius 1 is 1.25 bits per heavy atom. The lowest BCUT2D eigenvalue weighted by Gasteiger charge is -2.35. The van der Waals surface area contributed by atoms with Crippen molar-refractivity contribution in [2.45, 2.75) is 26.7 Å². The Morgan fingerprint density at radius 3 is 2.75 bits per heavy atom. The molecule has 6 nitrogen and oxygen atoms in total. The minimum absolute atomic E-state index is 0.125. The van der Waals surface area contributed by atoms with E-state index < -0.39 is 0 Å². The molecule has 0 unspecified atom stereocenters. The van der Waals surface area contributed by atoms with E-state index in [9.17, 15) is 4.79 Å². The van der Waals surface area contributed by atoms with Gasteiger partial charge in [0.15, 0.2) is 0 Å². The summed E-state index contributed by atoms with van der Waals surface area (Å²) < 4.78 is 0. The second kappa shape index (κ2) is 7.90. The Morgan fingerprint density at radius 2 is 2.04 bits per heavy atom. The van der Waals surface area contributed by atoms with Gasteiger partial charge in [0.25, 0.3) is 0 Å². The molecule has 3 rings (SSSR count). The number of thiophene rings is 1. The largest absolute Gasteiger partial charge is 0.355 e. The first-order chi connectivity index (χ1) is 11.7. The van der Waals surface area contributed by atoms with E-state index in [0.717, 1.165) is 61.6 Å². The van der Waals surface area contributed by atoms with E-state index in [1.807, 2.05) is 0 Å². The molecule has 24 heavy (non-hydrogen) atoms. The van der Waals surface area contributed by atoms with Crippen molar-refractivity contribution in [2.75, 3.05) is 44.2 Å². The quantitative estimate of drug-likeness (QED) is 0.865. The molecule has 0 aromatic carbocycles. The van der Waals surface area contributed by atoms with Gasteiger partial charge in [-0.3, -0.25) is 9.69 Å². The third kappa shape index (κ3) is 3.84. The topological polar surface area (TPSA) is 61.4 Å². The summed E-state index contributed by atoms with van der Waals surface area (Å²) in [5.41, 5.74) is 0. The Bertz CT molecular complexity index is 693. The number of carbonyl (C=O) groups excluding carboxylic acids is 1.